The second-order valence-corrected chi connectivity index (χ2v) is 7.22. The summed E-state index contributed by atoms with van der Waals surface area (Å²) in [6.07, 6.45) is 1.59. The number of carbonyl (C=O) groups excluding carboxylic acids is 1. The van der Waals surface area contributed by atoms with E-state index >= 15 is 0 Å². The highest BCUT2D eigenvalue weighted by Crippen LogP contribution is 2.25. The van der Waals surface area contributed by atoms with Crippen molar-refractivity contribution in [1.82, 2.24) is 0 Å². The van der Waals surface area contributed by atoms with E-state index in [4.69, 9.17) is 5.11 Å². The Morgan fingerprint density at radius 1 is 0.897 bits per heavy atom. The van der Waals surface area contributed by atoms with Crippen molar-refractivity contribution in [3.8, 4) is 0 Å². The van der Waals surface area contributed by atoms with Crippen LogP contribution in [-0.4, -0.2) is 16.9 Å². The Labute approximate surface area is 171 Å². The molecule has 0 aromatic heterocycles. The van der Waals surface area contributed by atoms with E-state index in [1.54, 1.807) is 24.3 Å². The predicted octanol–water partition coefficient (Wildman–Crippen LogP) is 5.44. The lowest BCUT2D eigenvalue weighted by Crippen LogP contribution is -2.16. The third kappa shape index (κ3) is 6.04. The second-order valence-electron chi connectivity index (χ2n) is 7.22. The molecule has 4 heteroatoms. The van der Waals surface area contributed by atoms with Gasteiger partial charge in [-0.2, -0.15) is 0 Å². The number of anilines is 1. The van der Waals surface area contributed by atoms with Crippen molar-refractivity contribution in [1.29, 1.82) is 0 Å². The lowest BCUT2D eigenvalue weighted by atomic mass is 9.97. The number of carbonyl (C=O) groups is 2. The van der Waals surface area contributed by atoms with E-state index in [1.165, 1.54) is 0 Å². The Morgan fingerprint density at radius 2 is 1.55 bits per heavy atom. The number of benzene rings is 3. The molecule has 0 radical (unpaired) electrons. The third-order valence-corrected chi connectivity index (χ3v) is 4.92. The number of hydrogen-bond donors (Lipinski definition) is 2. The van der Waals surface area contributed by atoms with Gasteiger partial charge in [0.1, 0.15) is 5.78 Å². The molecule has 0 bridgehead atoms. The van der Waals surface area contributed by atoms with E-state index in [9.17, 15) is 9.59 Å². The summed E-state index contributed by atoms with van der Waals surface area (Å²) < 4.78 is 0. The van der Waals surface area contributed by atoms with Crippen LogP contribution in [0, 0.1) is 6.92 Å². The number of carboxylic acid groups (broad SMARTS) is 1. The van der Waals surface area contributed by atoms with E-state index < -0.39 is 5.97 Å². The van der Waals surface area contributed by atoms with Crippen LogP contribution in [0.15, 0.2) is 78.9 Å². The maximum atomic E-state index is 12.7. The van der Waals surface area contributed by atoms with Crippen molar-refractivity contribution in [3.63, 3.8) is 0 Å². The topological polar surface area (TPSA) is 66.4 Å². The van der Waals surface area contributed by atoms with Crippen LogP contribution in [-0.2, 0) is 11.2 Å². The molecule has 0 spiro atoms. The standard InChI is InChI=1S/C25H25NO3/c1-18-7-10-20(11-8-18)24(26-22-14-12-21(13-15-22)25(28)29)17-23(27)16-9-19-5-3-2-4-6-19/h2-8,10-15,24,26H,9,16-17H2,1H3,(H,28,29). The minimum atomic E-state index is -0.956. The number of aryl methyl sites for hydroxylation is 2. The van der Waals surface area contributed by atoms with Gasteiger partial charge in [0.2, 0.25) is 0 Å². The first-order chi connectivity index (χ1) is 14.0. The fourth-order valence-corrected chi connectivity index (χ4v) is 3.22. The summed E-state index contributed by atoms with van der Waals surface area (Å²) in [4.78, 5) is 23.7. The Kier molecular flexibility index (Phi) is 6.80. The first-order valence-electron chi connectivity index (χ1n) is 9.73. The molecule has 1 unspecified atom stereocenters. The van der Waals surface area contributed by atoms with Gasteiger partial charge in [0.15, 0.2) is 0 Å². The third-order valence-electron chi connectivity index (χ3n) is 4.92. The second kappa shape index (κ2) is 9.69. The molecule has 3 rings (SSSR count). The highest BCUT2D eigenvalue weighted by atomic mass is 16.4. The average molecular weight is 387 g/mol. The first kappa shape index (κ1) is 20.3. The normalized spacial score (nSPS) is 11.6. The molecule has 0 aliphatic carbocycles. The van der Waals surface area contributed by atoms with Crippen molar-refractivity contribution in [2.24, 2.45) is 0 Å². The smallest absolute Gasteiger partial charge is 0.335 e. The van der Waals surface area contributed by atoms with Crippen LogP contribution >= 0.6 is 0 Å². The molecule has 0 amide bonds. The average Bonchev–Trinajstić information content (AvgIpc) is 2.73. The van der Waals surface area contributed by atoms with Gasteiger partial charge >= 0.3 is 5.97 Å². The van der Waals surface area contributed by atoms with Crippen LogP contribution in [0.4, 0.5) is 5.69 Å². The molecule has 1 atom stereocenters. The molecule has 0 heterocycles. The van der Waals surface area contributed by atoms with Gasteiger partial charge in [-0.25, -0.2) is 4.79 Å². The Bertz CT molecular complexity index is 948. The summed E-state index contributed by atoms with van der Waals surface area (Å²) in [6, 6.07) is 24.6. The molecule has 29 heavy (non-hydrogen) atoms. The molecule has 4 nitrogen and oxygen atoms in total. The molecule has 2 N–H and O–H groups in total. The Balaban J connectivity index is 1.71. The zero-order chi connectivity index (χ0) is 20.6. The quantitative estimate of drug-likeness (QED) is 0.513. The summed E-state index contributed by atoms with van der Waals surface area (Å²) in [5.41, 5.74) is 4.38. The maximum absolute atomic E-state index is 12.7. The van der Waals surface area contributed by atoms with Crippen LogP contribution in [0.2, 0.25) is 0 Å². The van der Waals surface area contributed by atoms with E-state index in [-0.39, 0.29) is 17.4 Å². The molecule has 148 valence electrons. The number of nitrogens with one attached hydrogen (secondary N) is 1. The lowest BCUT2D eigenvalue weighted by Gasteiger charge is -2.20. The number of aromatic carboxylic acids is 1. The van der Waals surface area contributed by atoms with E-state index in [0.717, 1.165) is 28.8 Å². The fraction of sp³-hybridized carbons (Fsp3) is 0.200. The van der Waals surface area contributed by atoms with Gasteiger partial charge in [-0.15, -0.1) is 0 Å². The number of Topliss-reactive ketones (excluding diaryl/α,β-unsaturated/α-hetero) is 1. The monoisotopic (exact) mass is 387 g/mol. The highest BCUT2D eigenvalue weighted by molar-refractivity contribution is 5.88. The molecule has 3 aromatic rings. The van der Waals surface area contributed by atoms with Crippen molar-refractivity contribution in [2.75, 3.05) is 5.32 Å². The summed E-state index contributed by atoms with van der Waals surface area (Å²) in [6.45, 7) is 2.03. The van der Waals surface area contributed by atoms with Crippen molar-refractivity contribution >= 4 is 17.4 Å². The summed E-state index contributed by atoms with van der Waals surface area (Å²) in [5.74, 6) is -0.767. The van der Waals surface area contributed by atoms with Gasteiger partial charge < -0.3 is 10.4 Å². The van der Waals surface area contributed by atoms with Crippen LogP contribution in [0.3, 0.4) is 0 Å². The SMILES string of the molecule is Cc1ccc(C(CC(=O)CCc2ccccc2)Nc2ccc(C(=O)O)cc2)cc1. The Hall–Kier alpha value is -3.40. The number of hydrogen-bond acceptors (Lipinski definition) is 3. The molecule has 0 saturated heterocycles. The van der Waals surface area contributed by atoms with Gasteiger partial charge in [-0.05, 0) is 48.7 Å². The van der Waals surface area contributed by atoms with E-state index in [2.05, 4.69) is 5.32 Å². The maximum Gasteiger partial charge on any atom is 0.335 e. The van der Waals surface area contributed by atoms with Crippen LogP contribution in [0.25, 0.3) is 0 Å². The molecule has 0 aliphatic rings. The van der Waals surface area contributed by atoms with Gasteiger partial charge in [0.25, 0.3) is 0 Å². The highest BCUT2D eigenvalue weighted by Gasteiger charge is 2.16. The van der Waals surface area contributed by atoms with Crippen molar-refractivity contribution < 1.29 is 14.7 Å². The fourth-order valence-electron chi connectivity index (χ4n) is 3.22. The van der Waals surface area contributed by atoms with Crippen molar-refractivity contribution in [3.05, 3.63) is 101 Å². The molecule has 3 aromatic carbocycles. The van der Waals surface area contributed by atoms with Crippen LogP contribution in [0.5, 0.6) is 0 Å². The minimum Gasteiger partial charge on any atom is -0.478 e. The molecular weight excluding hydrogens is 362 g/mol. The van der Waals surface area contributed by atoms with Crippen LogP contribution < -0.4 is 5.32 Å². The van der Waals surface area contributed by atoms with Crippen molar-refractivity contribution in [2.45, 2.75) is 32.2 Å². The number of rotatable bonds is 9. The van der Waals surface area contributed by atoms with Gasteiger partial charge in [-0.3, -0.25) is 4.79 Å². The number of ketones is 1. The minimum absolute atomic E-state index is 0.172. The Morgan fingerprint density at radius 3 is 2.17 bits per heavy atom. The summed E-state index contributed by atoms with van der Waals surface area (Å²) in [7, 11) is 0. The van der Waals surface area contributed by atoms with E-state index in [1.807, 2.05) is 61.5 Å². The molecule has 0 fully saturated rings. The zero-order valence-corrected chi connectivity index (χ0v) is 16.5. The molecule has 0 aliphatic heterocycles. The van der Waals surface area contributed by atoms with Gasteiger partial charge in [0.05, 0.1) is 11.6 Å². The summed E-state index contributed by atoms with van der Waals surface area (Å²) >= 11 is 0. The number of carboxylic acids is 1. The molecule has 0 saturated carbocycles. The predicted molar refractivity (Wildman–Crippen MR) is 115 cm³/mol. The first-order valence-corrected chi connectivity index (χ1v) is 9.73. The van der Waals surface area contributed by atoms with E-state index in [0.29, 0.717) is 12.8 Å². The van der Waals surface area contributed by atoms with Gasteiger partial charge in [-0.1, -0.05) is 60.2 Å². The zero-order valence-electron chi connectivity index (χ0n) is 16.5. The molecular formula is C25H25NO3. The summed E-state index contributed by atoms with van der Waals surface area (Å²) in [5, 5.41) is 12.5. The van der Waals surface area contributed by atoms with Crippen LogP contribution in [0.1, 0.15) is 45.9 Å². The largest absolute Gasteiger partial charge is 0.478 e. The van der Waals surface area contributed by atoms with Gasteiger partial charge in [0, 0.05) is 18.5 Å². The lowest BCUT2D eigenvalue weighted by molar-refractivity contribution is -0.119.